The van der Waals surface area contributed by atoms with Crippen molar-refractivity contribution in [3.8, 4) is 0 Å². The van der Waals surface area contributed by atoms with Gasteiger partial charge in [0.25, 0.3) is 5.91 Å². The van der Waals surface area contributed by atoms with E-state index in [-0.39, 0.29) is 18.3 Å². The Morgan fingerprint density at radius 1 is 1.23 bits per heavy atom. The van der Waals surface area contributed by atoms with Crippen LogP contribution in [0.25, 0.3) is 0 Å². The van der Waals surface area contributed by atoms with Crippen molar-refractivity contribution in [3.05, 3.63) is 29.8 Å². The largest absolute Gasteiger partial charge is 0.433 e. The fraction of sp³-hybridized carbons (Fsp3) is 0.545. The molecule has 0 radical (unpaired) electrons. The molecule has 1 aliphatic rings. The van der Waals surface area contributed by atoms with Crippen molar-refractivity contribution in [1.29, 1.82) is 0 Å². The van der Waals surface area contributed by atoms with Crippen molar-refractivity contribution < 1.29 is 28.7 Å². The highest BCUT2D eigenvalue weighted by molar-refractivity contribution is 6.41. The third-order valence-corrected chi connectivity index (χ3v) is 4.80. The van der Waals surface area contributed by atoms with Crippen molar-refractivity contribution in [2.75, 3.05) is 11.9 Å². The van der Waals surface area contributed by atoms with Gasteiger partial charge in [0.15, 0.2) is 0 Å². The summed E-state index contributed by atoms with van der Waals surface area (Å²) in [6.45, 7) is 9.67. The SMILES string of the molecule is CCOC1OC(=O)CC1NC(=O)[C@H](C)CC(=O)C(=O)Nc1ccccc1C(C)(C)C. The molecule has 2 rings (SSSR count). The number of anilines is 1. The lowest BCUT2D eigenvalue weighted by Crippen LogP contribution is -2.44. The molecule has 1 aromatic carbocycles. The topological polar surface area (TPSA) is 111 Å². The monoisotopic (exact) mass is 418 g/mol. The molecule has 1 aliphatic heterocycles. The van der Waals surface area contributed by atoms with E-state index >= 15 is 0 Å². The van der Waals surface area contributed by atoms with Crippen LogP contribution in [0.5, 0.6) is 0 Å². The molecule has 0 spiro atoms. The molecule has 30 heavy (non-hydrogen) atoms. The van der Waals surface area contributed by atoms with E-state index in [0.717, 1.165) is 5.56 Å². The molecule has 2 N–H and O–H groups in total. The van der Waals surface area contributed by atoms with Crippen molar-refractivity contribution in [3.63, 3.8) is 0 Å². The average Bonchev–Trinajstić information content (AvgIpc) is 3.00. The second-order valence-electron chi connectivity index (χ2n) is 8.41. The van der Waals surface area contributed by atoms with Gasteiger partial charge in [-0.05, 0) is 24.0 Å². The van der Waals surface area contributed by atoms with E-state index in [2.05, 4.69) is 10.6 Å². The zero-order chi connectivity index (χ0) is 22.5. The van der Waals surface area contributed by atoms with Crippen LogP contribution in [0.2, 0.25) is 0 Å². The van der Waals surface area contributed by atoms with Crippen molar-refractivity contribution in [2.45, 2.75) is 65.2 Å². The minimum Gasteiger partial charge on any atom is -0.433 e. The predicted molar refractivity (Wildman–Crippen MR) is 111 cm³/mol. The standard InChI is InChI=1S/C22H30N2O6/c1-6-29-21-16(12-18(26)30-21)24-19(27)13(2)11-17(25)20(28)23-15-10-8-7-9-14(15)22(3,4)5/h7-10,13,16,21H,6,11-12H2,1-5H3,(H,23,28)(H,24,27)/t13-,16?,21?/m1/s1. The number of ketones is 1. The van der Waals surface area contributed by atoms with Gasteiger partial charge in [0, 0.05) is 24.6 Å². The lowest BCUT2D eigenvalue weighted by atomic mass is 9.86. The number of hydrogen-bond acceptors (Lipinski definition) is 6. The van der Waals surface area contributed by atoms with Gasteiger partial charge in [0.05, 0.1) is 6.42 Å². The molecule has 1 heterocycles. The van der Waals surface area contributed by atoms with E-state index in [1.807, 2.05) is 32.9 Å². The number of rotatable bonds is 8. The summed E-state index contributed by atoms with van der Waals surface area (Å²) in [6.07, 6.45) is -1.09. The molecule has 2 unspecified atom stereocenters. The molecule has 1 saturated heterocycles. The minimum absolute atomic E-state index is 0.00114. The van der Waals surface area contributed by atoms with Gasteiger partial charge in [-0.2, -0.15) is 0 Å². The first kappa shape index (κ1) is 23.5. The molecule has 0 saturated carbocycles. The third kappa shape index (κ3) is 6.13. The van der Waals surface area contributed by atoms with Crippen molar-refractivity contribution in [1.82, 2.24) is 5.32 Å². The molecule has 0 aliphatic carbocycles. The first-order chi connectivity index (χ1) is 14.0. The lowest BCUT2D eigenvalue weighted by molar-refractivity contribution is -0.164. The molecule has 2 amide bonds. The van der Waals surface area contributed by atoms with Gasteiger partial charge in [-0.3, -0.25) is 19.2 Å². The number of nitrogens with one attached hydrogen (secondary N) is 2. The number of hydrogen-bond donors (Lipinski definition) is 2. The Morgan fingerprint density at radius 2 is 1.90 bits per heavy atom. The molecule has 0 aromatic heterocycles. The quantitative estimate of drug-likeness (QED) is 0.495. The van der Waals surface area contributed by atoms with E-state index in [4.69, 9.17) is 9.47 Å². The number of benzene rings is 1. The molecule has 8 nitrogen and oxygen atoms in total. The van der Waals surface area contributed by atoms with Crippen LogP contribution in [0.4, 0.5) is 5.69 Å². The van der Waals surface area contributed by atoms with Gasteiger partial charge < -0.3 is 20.1 Å². The normalized spacial score (nSPS) is 19.7. The van der Waals surface area contributed by atoms with Crippen LogP contribution in [0.1, 0.15) is 53.0 Å². The fourth-order valence-corrected chi connectivity index (χ4v) is 3.20. The van der Waals surface area contributed by atoms with Gasteiger partial charge in [-0.1, -0.05) is 45.9 Å². The Bertz CT molecular complexity index is 814. The predicted octanol–water partition coefficient (Wildman–Crippen LogP) is 2.31. The zero-order valence-corrected chi connectivity index (χ0v) is 18.1. The minimum atomic E-state index is -0.841. The van der Waals surface area contributed by atoms with E-state index < -0.39 is 41.8 Å². The molecule has 164 valence electrons. The highest BCUT2D eigenvalue weighted by atomic mass is 16.7. The highest BCUT2D eigenvalue weighted by Crippen LogP contribution is 2.29. The van der Waals surface area contributed by atoms with E-state index in [1.165, 1.54) is 0 Å². The van der Waals surface area contributed by atoms with E-state index in [9.17, 15) is 19.2 Å². The van der Waals surface area contributed by atoms with Gasteiger partial charge in [0.2, 0.25) is 18.0 Å². The van der Waals surface area contributed by atoms with Crippen LogP contribution in [0, 0.1) is 5.92 Å². The van der Waals surface area contributed by atoms with Gasteiger partial charge in [-0.15, -0.1) is 0 Å². The van der Waals surface area contributed by atoms with E-state index in [1.54, 1.807) is 26.0 Å². The maximum atomic E-state index is 12.4. The number of carbonyl (C=O) groups excluding carboxylic acids is 4. The summed E-state index contributed by atoms with van der Waals surface area (Å²) in [5.41, 5.74) is 1.27. The highest BCUT2D eigenvalue weighted by Gasteiger charge is 2.37. The van der Waals surface area contributed by atoms with Crippen LogP contribution >= 0.6 is 0 Å². The first-order valence-corrected chi connectivity index (χ1v) is 10.1. The second kappa shape index (κ2) is 9.84. The Labute approximate surface area is 176 Å². The maximum Gasteiger partial charge on any atom is 0.310 e. The van der Waals surface area contributed by atoms with Gasteiger partial charge >= 0.3 is 5.97 Å². The zero-order valence-electron chi connectivity index (χ0n) is 18.1. The fourth-order valence-electron chi connectivity index (χ4n) is 3.20. The molecule has 8 heteroatoms. The number of amides is 2. The van der Waals surface area contributed by atoms with Crippen LogP contribution in [0.3, 0.4) is 0 Å². The van der Waals surface area contributed by atoms with Gasteiger partial charge in [-0.25, -0.2) is 0 Å². The van der Waals surface area contributed by atoms with Crippen molar-refractivity contribution in [2.24, 2.45) is 5.92 Å². The van der Waals surface area contributed by atoms with Crippen molar-refractivity contribution >= 4 is 29.3 Å². The summed E-state index contributed by atoms with van der Waals surface area (Å²) >= 11 is 0. The summed E-state index contributed by atoms with van der Waals surface area (Å²) in [4.78, 5) is 48.7. The molecule has 3 atom stereocenters. The number of cyclic esters (lactones) is 1. The first-order valence-electron chi connectivity index (χ1n) is 10.1. The van der Waals surface area contributed by atoms with E-state index in [0.29, 0.717) is 12.3 Å². The summed E-state index contributed by atoms with van der Waals surface area (Å²) in [7, 11) is 0. The Hall–Kier alpha value is -2.74. The molecule has 1 aromatic rings. The number of esters is 1. The van der Waals surface area contributed by atoms with Crippen LogP contribution in [-0.2, 0) is 34.1 Å². The van der Waals surface area contributed by atoms with Crippen LogP contribution < -0.4 is 10.6 Å². The number of para-hydroxylation sites is 1. The maximum absolute atomic E-state index is 12.4. The molecule has 1 fully saturated rings. The molecule has 0 bridgehead atoms. The Kier molecular flexibility index (Phi) is 7.72. The van der Waals surface area contributed by atoms with Gasteiger partial charge in [0.1, 0.15) is 6.04 Å². The summed E-state index contributed by atoms with van der Waals surface area (Å²) in [5.74, 6) is -3.11. The van der Waals surface area contributed by atoms with Crippen LogP contribution in [0.15, 0.2) is 24.3 Å². The molecular formula is C22H30N2O6. The molecular weight excluding hydrogens is 388 g/mol. The second-order valence-corrected chi connectivity index (χ2v) is 8.41. The third-order valence-electron chi connectivity index (χ3n) is 4.80. The Morgan fingerprint density at radius 3 is 2.53 bits per heavy atom. The average molecular weight is 418 g/mol. The smallest absolute Gasteiger partial charge is 0.310 e. The van der Waals surface area contributed by atoms with Crippen LogP contribution in [-0.4, -0.2) is 42.5 Å². The Balaban J connectivity index is 1.94. The number of carbonyl (C=O) groups is 4. The summed E-state index contributed by atoms with van der Waals surface area (Å²) in [6, 6.07) is 6.68. The number of ether oxygens (including phenoxy) is 2. The number of Topliss-reactive ketones (excluding diaryl/α,β-unsaturated/α-hetero) is 1. The summed E-state index contributed by atoms with van der Waals surface area (Å²) < 4.78 is 10.3. The summed E-state index contributed by atoms with van der Waals surface area (Å²) in [5, 5.41) is 5.33. The lowest BCUT2D eigenvalue weighted by Gasteiger charge is -2.23.